The van der Waals surface area contributed by atoms with Crippen molar-refractivity contribution in [3.63, 3.8) is 0 Å². The summed E-state index contributed by atoms with van der Waals surface area (Å²) >= 11 is 0. The van der Waals surface area contributed by atoms with Crippen molar-refractivity contribution in [2.75, 3.05) is 63.2 Å². The number of hydrogen-bond acceptors (Lipinski definition) is 5. The van der Waals surface area contributed by atoms with Crippen molar-refractivity contribution in [3.05, 3.63) is 53.2 Å². The van der Waals surface area contributed by atoms with Crippen LogP contribution in [-0.2, 0) is 0 Å². The van der Waals surface area contributed by atoms with E-state index in [1.54, 1.807) is 12.3 Å². The lowest BCUT2D eigenvalue weighted by Gasteiger charge is -2.37. The number of anilines is 2. The van der Waals surface area contributed by atoms with Gasteiger partial charge in [0.1, 0.15) is 5.82 Å². The number of carbonyl (C=O) groups excluding carboxylic acids is 1. The Bertz CT molecular complexity index is 812. The monoisotopic (exact) mass is 381 g/mol. The van der Waals surface area contributed by atoms with Gasteiger partial charge in [0.25, 0.3) is 5.91 Å². The fourth-order valence-corrected chi connectivity index (χ4v) is 3.48. The minimum absolute atomic E-state index is 0.0421. The first kappa shape index (κ1) is 20.1. The lowest BCUT2D eigenvalue weighted by molar-refractivity contribution is 0.0951. The molecular formula is C22H31N5O. The molecule has 1 aliphatic rings. The summed E-state index contributed by atoms with van der Waals surface area (Å²) in [7, 11) is 3.99. The number of rotatable bonds is 6. The van der Waals surface area contributed by atoms with Gasteiger partial charge in [0, 0.05) is 56.7 Å². The number of nitrogens with one attached hydrogen (secondary N) is 1. The highest BCUT2D eigenvalue weighted by atomic mass is 16.1. The highest BCUT2D eigenvalue weighted by Gasteiger charge is 2.20. The normalized spacial score (nSPS) is 14.5. The van der Waals surface area contributed by atoms with E-state index in [9.17, 15) is 4.79 Å². The number of benzene rings is 1. The van der Waals surface area contributed by atoms with Crippen LogP contribution < -0.4 is 15.1 Å². The number of amides is 1. The van der Waals surface area contributed by atoms with Gasteiger partial charge in [-0.05, 0) is 57.3 Å². The van der Waals surface area contributed by atoms with Gasteiger partial charge in [-0.15, -0.1) is 0 Å². The van der Waals surface area contributed by atoms with E-state index in [1.807, 2.05) is 25.1 Å². The van der Waals surface area contributed by atoms with Gasteiger partial charge >= 0.3 is 0 Å². The molecule has 0 saturated carbocycles. The maximum atomic E-state index is 12.4. The molecule has 1 aliphatic heterocycles. The highest BCUT2D eigenvalue weighted by Crippen LogP contribution is 2.25. The number of likely N-dealkylation sites (N-methyl/N-ethyl adjacent to an activating group) is 1. The van der Waals surface area contributed by atoms with E-state index >= 15 is 0 Å². The molecule has 150 valence electrons. The molecule has 1 fully saturated rings. The number of aromatic nitrogens is 1. The lowest BCUT2D eigenvalue weighted by Crippen LogP contribution is -2.47. The fourth-order valence-electron chi connectivity index (χ4n) is 3.48. The molecule has 1 saturated heterocycles. The average Bonchev–Trinajstić information content (AvgIpc) is 2.70. The minimum atomic E-state index is -0.0421. The van der Waals surface area contributed by atoms with Crippen LogP contribution in [0.25, 0.3) is 0 Å². The topological polar surface area (TPSA) is 51.7 Å². The zero-order valence-corrected chi connectivity index (χ0v) is 17.4. The molecule has 0 atom stereocenters. The van der Waals surface area contributed by atoms with Crippen LogP contribution in [-0.4, -0.2) is 69.2 Å². The van der Waals surface area contributed by atoms with Crippen LogP contribution in [0.4, 0.5) is 11.5 Å². The molecule has 6 nitrogen and oxygen atoms in total. The molecule has 3 rings (SSSR count). The average molecular weight is 382 g/mol. The second-order valence-electron chi connectivity index (χ2n) is 7.66. The molecule has 1 aromatic carbocycles. The number of carbonyl (C=O) groups is 1. The first-order valence-corrected chi connectivity index (χ1v) is 9.91. The Morgan fingerprint density at radius 3 is 2.54 bits per heavy atom. The molecule has 2 heterocycles. The SMILES string of the molecule is Cc1cccc(N2CCN(c3cc(C(=O)NCCN(C)C)ccn3)CC2)c1C. The van der Waals surface area contributed by atoms with Crippen LogP contribution in [0, 0.1) is 13.8 Å². The summed E-state index contributed by atoms with van der Waals surface area (Å²) in [5.41, 5.74) is 4.67. The molecule has 0 bridgehead atoms. The number of aryl methyl sites for hydroxylation is 1. The highest BCUT2D eigenvalue weighted by molar-refractivity contribution is 5.94. The van der Waals surface area contributed by atoms with E-state index in [2.05, 4.69) is 52.1 Å². The number of nitrogens with zero attached hydrogens (tertiary/aromatic N) is 4. The summed E-state index contributed by atoms with van der Waals surface area (Å²) in [6, 6.07) is 10.2. The summed E-state index contributed by atoms with van der Waals surface area (Å²) in [5, 5.41) is 2.97. The molecule has 0 aliphatic carbocycles. The van der Waals surface area contributed by atoms with E-state index in [1.165, 1.54) is 16.8 Å². The summed E-state index contributed by atoms with van der Waals surface area (Å²) in [6.07, 6.45) is 1.73. The molecule has 0 unspecified atom stereocenters. The first-order valence-electron chi connectivity index (χ1n) is 9.91. The third kappa shape index (κ3) is 4.81. The molecule has 1 N–H and O–H groups in total. The van der Waals surface area contributed by atoms with Crippen molar-refractivity contribution in [2.45, 2.75) is 13.8 Å². The van der Waals surface area contributed by atoms with Crippen molar-refractivity contribution in [1.82, 2.24) is 15.2 Å². The number of piperazine rings is 1. The molecular weight excluding hydrogens is 350 g/mol. The van der Waals surface area contributed by atoms with Crippen LogP contribution >= 0.6 is 0 Å². The Labute approximate surface area is 168 Å². The Balaban J connectivity index is 1.61. The fraction of sp³-hybridized carbons (Fsp3) is 0.455. The van der Waals surface area contributed by atoms with Crippen molar-refractivity contribution >= 4 is 17.4 Å². The molecule has 6 heteroatoms. The molecule has 28 heavy (non-hydrogen) atoms. The van der Waals surface area contributed by atoms with Gasteiger partial charge in [-0.3, -0.25) is 4.79 Å². The Kier molecular flexibility index (Phi) is 6.52. The van der Waals surface area contributed by atoms with Crippen molar-refractivity contribution in [1.29, 1.82) is 0 Å². The molecule has 1 aromatic heterocycles. The van der Waals surface area contributed by atoms with Gasteiger partial charge in [-0.1, -0.05) is 12.1 Å². The summed E-state index contributed by atoms with van der Waals surface area (Å²) in [6.45, 7) is 9.50. The maximum absolute atomic E-state index is 12.4. The summed E-state index contributed by atoms with van der Waals surface area (Å²) < 4.78 is 0. The Hall–Kier alpha value is -2.60. The Morgan fingerprint density at radius 2 is 1.82 bits per heavy atom. The van der Waals surface area contributed by atoms with E-state index < -0.39 is 0 Å². The van der Waals surface area contributed by atoms with Crippen molar-refractivity contribution < 1.29 is 4.79 Å². The molecule has 2 aromatic rings. The smallest absolute Gasteiger partial charge is 0.251 e. The van der Waals surface area contributed by atoms with E-state index in [-0.39, 0.29) is 5.91 Å². The van der Waals surface area contributed by atoms with Crippen LogP contribution in [0.2, 0.25) is 0 Å². The summed E-state index contributed by atoms with van der Waals surface area (Å²) in [5.74, 6) is 0.834. The quantitative estimate of drug-likeness (QED) is 0.832. The van der Waals surface area contributed by atoms with Gasteiger partial charge in [0.2, 0.25) is 0 Å². The van der Waals surface area contributed by atoms with E-state index in [4.69, 9.17) is 0 Å². The molecule has 0 radical (unpaired) electrons. The largest absolute Gasteiger partial charge is 0.368 e. The van der Waals surface area contributed by atoms with E-state index in [0.29, 0.717) is 12.1 Å². The minimum Gasteiger partial charge on any atom is -0.368 e. The van der Waals surface area contributed by atoms with Crippen LogP contribution in [0.1, 0.15) is 21.5 Å². The van der Waals surface area contributed by atoms with Crippen molar-refractivity contribution in [2.24, 2.45) is 0 Å². The van der Waals surface area contributed by atoms with Crippen LogP contribution in [0.5, 0.6) is 0 Å². The standard InChI is InChI=1S/C22H31N5O/c1-17-6-5-7-20(18(17)2)26-12-14-27(15-13-26)21-16-19(8-9-23-21)22(28)24-10-11-25(3)4/h5-9,16H,10-15H2,1-4H3,(H,24,28). The van der Waals surface area contributed by atoms with Crippen molar-refractivity contribution in [3.8, 4) is 0 Å². The predicted octanol–water partition coefficient (Wildman–Crippen LogP) is 2.32. The summed E-state index contributed by atoms with van der Waals surface area (Å²) in [4.78, 5) is 23.6. The molecule has 1 amide bonds. The zero-order chi connectivity index (χ0) is 20.1. The number of pyridine rings is 1. The van der Waals surface area contributed by atoms with Gasteiger partial charge in [0.15, 0.2) is 0 Å². The van der Waals surface area contributed by atoms with Gasteiger partial charge < -0.3 is 20.0 Å². The number of hydrogen-bond donors (Lipinski definition) is 1. The zero-order valence-electron chi connectivity index (χ0n) is 17.4. The third-order valence-electron chi connectivity index (χ3n) is 5.37. The Morgan fingerprint density at radius 1 is 1.11 bits per heavy atom. The first-order chi connectivity index (χ1) is 13.5. The van der Waals surface area contributed by atoms with Crippen LogP contribution in [0.3, 0.4) is 0 Å². The van der Waals surface area contributed by atoms with Gasteiger partial charge in [-0.2, -0.15) is 0 Å². The maximum Gasteiger partial charge on any atom is 0.251 e. The lowest BCUT2D eigenvalue weighted by atomic mass is 10.1. The molecule has 0 spiro atoms. The van der Waals surface area contributed by atoms with Gasteiger partial charge in [0.05, 0.1) is 0 Å². The van der Waals surface area contributed by atoms with Crippen LogP contribution in [0.15, 0.2) is 36.5 Å². The second-order valence-corrected chi connectivity index (χ2v) is 7.66. The second kappa shape index (κ2) is 9.06. The predicted molar refractivity (Wildman–Crippen MR) is 115 cm³/mol. The van der Waals surface area contributed by atoms with Gasteiger partial charge in [-0.25, -0.2) is 4.98 Å². The van der Waals surface area contributed by atoms with E-state index in [0.717, 1.165) is 38.5 Å². The third-order valence-corrected chi connectivity index (χ3v) is 5.37.